The summed E-state index contributed by atoms with van der Waals surface area (Å²) in [5.41, 5.74) is 3.38. The van der Waals surface area contributed by atoms with Crippen LogP contribution in [0.25, 0.3) is 11.5 Å². The van der Waals surface area contributed by atoms with Gasteiger partial charge in [-0.3, -0.25) is 4.79 Å². The highest BCUT2D eigenvalue weighted by molar-refractivity contribution is 7.98. The number of benzene rings is 3. The van der Waals surface area contributed by atoms with Gasteiger partial charge < -0.3 is 14.5 Å². The third-order valence-electron chi connectivity index (χ3n) is 5.09. The Balaban J connectivity index is 1.35. The maximum Gasteiger partial charge on any atom is 0.251 e. The number of aromatic nitrogens is 1. The smallest absolute Gasteiger partial charge is 0.251 e. The van der Waals surface area contributed by atoms with Crippen LogP contribution in [0.2, 0.25) is 0 Å². The van der Waals surface area contributed by atoms with Gasteiger partial charge in [0.05, 0.1) is 12.3 Å². The minimum atomic E-state index is -0.126. The number of hydrogen-bond donors (Lipinski definition) is 1. The highest BCUT2D eigenvalue weighted by Gasteiger charge is 2.13. The fourth-order valence-electron chi connectivity index (χ4n) is 3.27. The van der Waals surface area contributed by atoms with Gasteiger partial charge in [-0.1, -0.05) is 30.3 Å². The maximum atomic E-state index is 12.5. The SMILES string of the molecule is CCOc1ccc(CNC(=O)c2ccc(-c3nc(CSc4ccccc4)c(C)o3)cc2)cc1. The van der Waals surface area contributed by atoms with E-state index < -0.39 is 0 Å². The van der Waals surface area contributed by atoms with Gasteiger partial charge in [-0.05, 0) is 67.9 Å². The van der Waals surface area contributed by atoms with E-state index in [1.807, 2.05) is 68.4 Å². The van der Waals surface area contributed by atoms with E-state index in [9.17, 15) is 4.79 Å². The molecule has 1 N–H and O–H groups in total. The lowest BCUT2D eigenvalue weighted by molar-refractivity contribution is 0.0951. The number of nitrogens with one attached hydrogen (secondary N) is 1. The lowest BCUT2D eigenvalue weighted by atomic mass is 10.1. The van der Waals surface area contributed by atoms with Crippen molar-refractivity contribution in [1.29, 1.82) is 0 Å². The van der Waals surface area contributed by atoms with Gasteiger partial charge >= 0.3 is 0 Å². The Morgan fingerprint density at radius 3 is 2.42 bits per heavy atom. The summed E-state index contributed by atoms with van der Waals surface area (Å²) in [5, 5.41) is 2.95. The molecular weight excluding hydrogens is 432 g/mol. The number of rotatable bonds is 9. The zero-order valence-electron chi connectivity index (χ0n) is 18.7. The minimum absolute atomic E-state index is 0.126. The Morgan fingerprint density at radius 2 is 1.73 bits per heavy atom. The summed E-state index contributed by atoms with van der Waals surface area (Å²) in [5.74, 6) is 2.82. The van der Waals surface area contributed by atoms with E-state index in [0.29, 0.717) is 24.6 Å². The van der Waals surface area contributed by atoms with Crippen LogP contribution >= 0.6 is 11.8 Å². The molecule has 4 rings (SSSR count). The average molecular weight is 459 g/mol. The molecule has 0 saturated carbocycles. The fraction of sp³-hybridized carbons (Fsp3) is 0.185. The topological polar surface area (TPSA) is 64.4 Å². The first kappa shape index (κ1) is 22.7. The van der Waals surface area contributed by atoms with Crippen LogP contribution < -0.4 is 10.1 Å². The van der Waals surface area contributed by atoms with Crippen molar-refractivity contribution < 1.29 is 13.9 Å². The second-order valence-electron chi connectivity index (χ2n) is 7.46. The number of ether oxygens (including phenoxy) is 1. The van der Waals surface area contributed by atoms with Crippen LogP contribution in [0, 0.1) is 6.92 Å². The molecule has 33 heavy (non-hydrogen) atoms. The van der Waals surface area contributed by atoms with E-state index in [1.165, 1.54) is 4.90 Å². The summed E-state index contributed by atoms with van der Waals surface area (Å²) in [6.07, 6.45) is 0. The quantitative estimate of drug-likeness (QED) is 0.299. The minimum Gasteiger partial charge on any atom is -0.494 e. The molecule has 0 radical (unpaired) electrons. The molecule has 0 fully saturated rings. The lowest BCUT2D eigenvalue weighted by Gasteiger charge is -2.07. The van der Waals surface area contributed by atoms with Crippen LogP contribution in [0.4, 0.5) is 0 Å². The third-order valence-corrected chi connectivity index (χ3v) is 6.12. The number of nitrogens with zero attached hydrogens (tertiary/aromatic N) is 1. The molecule has 0 spiro atoms. The number of oxazole rings is 1. The van der Waals surface area contributed by atoms with Gasteiger partial charge in [0.1, 0.15) is 11.5 Å². The Labute approximate surface area is 198 Å². The largest absolute Gasteiger partial charge is 0.494 e. The van der Waals surface area contributed by atoms with Crippen molar-refractivity contribution in [3.63, 3.8) is 0 Å². The standard InChI is InChI=1S/C27H26N2O3S/c1-3-31-23-15-9-20(10-16-23)17-28-26(30)21-11-13-22(14-12-21)27-29-25(19(2)32-27)18-33-24-7-5-4-6-8-24/h4-16H,3,17-18H2,1-2H3,(H,28,30). The van der Waals surface area contributed by atoms with E-state index in [0.717, 1.165) is 34.1 Å². The van der Waals surface area contributed by atoms with Crippen molar-refractivity contribution in [3.8, 4) is 17.2 Å². The third kappa shape index (κ3) is 6.05. The van der Waals surface area contributed by atoms with E-state index >= 15 is 0 Å². The second kappa shape index (κ2) is 10.9. The van der Waals surface area contributed by atoms with Crippen LogP contribution in [0.5, 0.6) is 5.75 Å². The number of carbonyl (C=O) groups excluding carboxylic acids is 1. The summed E-state index contributed by atoms with van der Waals surface area (Å²) in [7, 11) is 0. The molecule has 6 heteroatoms. The van der Waals surface area contributed by atoms with Crippen LogP contribution in [0.1, 0.15) is 34.3 Å². The molecule has 1 heterocycles. The van der Waals surface area contributed by atoms with Crippen molar-refractivity contribution >= 4 is 17.7 Å². The summed E-state index contributed by atoms with van der Waals surface area (Å²) < 4.78 is 11.3. The average Bonchev–Trinajstić information content (AvgIpc) is 3.23. The first-order valence-corrected chi connectivity index (χ1v) is 11.9. The van der Waals surface area contributed by atoms with Gasteiger partial charge in [0.2, 0.25) is 5.89 Å². The Hall–Kier alpha value is -3.51. The van der Waals surface area contributed by atoms with Crippen molar-refractivity contribution in [2.45, 2.75) is 31.0 Å². The number of thioether (sulfide) groups is 1. The molecule has 3 aromatic carbocycles. The molecule has 0 atom stereocenters. The maximum absolute atomic E-state index is 12.5. The number of amides is 1. The molecule has 0 aliphatic carbocycles. The molecule has 1 amide bonds. The number of hydrogen-bond acceptors (Lipinski definition) is 5. The van der Waals surface area contributed by atoms with E-state index in [-0.39, 0.29) is 5.91 Å². The predicted octanol–water partition coefficient (Wildman–Crippen LogP) is 6.27. The van der Waals surface area contributed by atoms with Crippen LogP contribution in [0.15, 0.2) is 88.2 Å². The van der Waals surface area contributed by atoms with E-state index in [1.54, 1.807) is 23.9 Å². The van der Waals surface area contributed by atoms with Crippen molar-refractivity contribution in [1.82, 2.24) is 10.3 Å². The molecule has 1 aromatic heterocycles. The van der Waals surface area contributed by atoms with Gasteiger partial charge in [-0.25, -0.2) is 4.98 Å². The molecule has 168 valence electrons. The zero-order chi connectivity index (χ0) is 23.0. The number of carbonyl (C=O) groups is 1. The van der Waals surface area contributed by atoms with Crippen LogP contribution in [0.3, 0.4) is 0 Å². The van der Waals surface area contributed by atoms with Crippen molar-refractivity contribution in [3.05, 3.63) is 101 Å². The first-order chi connectivity index (χ1) is 16.1. The molecule has 0 aliphatic rings. The molecular formula is C27H26N2O3S. The molecule has 5 nitrogen and oxygen atoms in total. The fourth-order valence-corrected chi connectivity index (χ4v) is 4.19. The molecule has 0 aliphatic heterocycles. The second-order valence-corrected chi connectivity index (χ2v) is 8.51. The normalized spacial score (nSPS) is 10.7. The highest BCUT2D eigenvalue weighted by Crippen LogP contribution is 2.27. The molecule has 4 aromatic rings. The van der Waals surface area contributed by atoms with Gasteiger partial charge in [0, 0.05) is 28.3 Å². The van der Waals surface area contributed by atoms with E-state index in [2.05, 4.69) is 22.4 Å². The van der Waals surface area contributed by atoms with Gasteiger partial charge in [-0.2, -0.15) is 0 Å². The van der Waals surface area contributed by atoms with Gasteiger partial charge in [-0.15, -0.1) is 11.8 Å². The van der Waals surface area contributed by atoms with Crippen molar-refractivity contribution in [2.75, 3.05) is 6.61 Å². The summed E-state index contributed by atoms with van der Waals surface area (Å²) in [6.45, 7) is 4.97. The summed E-state index contributed by atoms with van der Waals surface area (Å²) in [4.78, 5) is 18.4. The van der Waals surface area contributed by atoms with Crippen molar-refractivity contribution in [2.24, 2.45) is 0 Å². The van der Waals surface area contributed by atoms with Gasteiger partial charge in [0.15, 0.2) is 0 Å². The van der Waals surface area contributed by atoms with Crippen LogP contribution in [-0.2, 0) is 12.3 Å². The van der Waals surface area contributed by atoms with Crippen LogP contribution in [-0.4, -0.2) is 17.5 Å². The summed E-state index contributed by atoms with van der Waals surface area (Å²) in [6, 6.07) is 25.3. The Morgan fingerprint density at radius 1 is 1.00 bits per heavy atom. The Kier molecular flexibility index (Phi) is 7.47. The van der Waals surface area contributed by atoms with Gasteiger partial charge in [0.25, 0.3) is 5.91 Å². The predicted molar refractivity (Wildman–Crippen MR) is 131 cm³/mol. The molecule has 0 unspecified atom stereocenters. The summed E-state index contributed by atoms with van der Waals surface area (Å²) >= 11 is 1.73. The zero-order valence-corrected chi connectivity index (χ0v) is 19.5. The molecule has 0 bridgehead atoms. The highest BCUT2D eigenvalue weighted by atomic mass is 32.2. The molecule has 0 saturated heterocycles. The first-order valence-electron chi connectivity index (χ1n) is 10.9. The van der Waals surface area contributed by atoms with E-state index in [4.69, 9.17) is 9.15 Å². The Bertz CT molecular complexity index is 1190. The monoisotopic (exact) mass is 458 g/mol. The lowest BCUT2D eigenvalue weighted by Crippen LogP contribution is -2.22. The number of aryl methyl sites for hydroxylation is 1.